The first-order valence-corrected chi connectivity index (χ1v) is 8.85. The molecule has 0 aliphatic carbocycles. The fourth-order valence-corrected chi connectivity index (χ4v) is 3.66. The van der Waals surface area contributed by atoms with Gasteiger partial charge in [-0.05, 0) is 44.1 Å². The number of amides is 1. The van der Waals surface area contributed by atoms with E-state index in [0.29, 0.717) is 22.2 Å². The lowest BCUT2D eigenvalue weighted by Gasteiger charge is -2.24. The minimum atomic E-state index is -0.228. The summed E-state index contributed by atoms with van der Waals surface area (Å²) in [4.78, 5) is 14.7. The van der Waals surface area contributed by atoms with Gasteiger partial charge >= 0.3 is 0 Å². The summed E-state index contributed by atoms with van der Waals surface area (Å²) in [6.07, 6.45) is 3.79. The molecule has 1 aromatic carbocycles. The molecule has 1 aromatic heterocycles. The second-order valence-corrected chi connectivity index (χ2v) is 6.92. The summed E-state index contributed by atoms with van der Waals surface area (Å²) < 4.78 is 10.5. The number of ether oxygens (including phenoxy) is 2. The van der Waals surface area contributed by atoms with Crippen molar-refractivity contribution < 1.29 is 14.3 Å². The van der Waals surface area contributed by atoms with Crippen LogP contribution in [-0.4, -0.2) is 40.9 Å². The minimum Gasteiger partial charge on any atom is -0.454 e. The van der Waals surface area contributed by atoms with Crippen molar-refractivity contribution in [3.63, 3.8) is 0 Å². The second-order valence-electron chi connectivity index (χ2n) is 5.86. The molecular formula is C16H18N4O3S. The number of anilines is 1. The van der Waals surface area contributed by atoms with Crippen LogP contribution in [0.5, 0.6) is 11.5 Å². The fourth-order valence-electron chi connectivity index (χ4n) is 2.88. The third-order valence-electron chi connectivity index (χ3n) is 4.13. The van der Waals surface area contributed by atoms with Crippen molar-refractivity contribution in [1.29, 1.82) is 0 Å². The normalized spacial score (nSPS) is 17.0. The number of benzene rings is 1. The molecule has 3 heterocycles. The van der Waals surface area contributed by atoms with Gasteiger partial charge in [-0.2, -0.15) is 0 Å². The Morgan fingerprint density at radius 2 is 2.00 bits per heavy atom. The molecule has 0 unspecified atom stereocenters. The number of carbonyl (C=O) groups excluding carboxylic acids is 1. The van der Waals surface area contributed by atoms with Crippen LogP contribution in [0.2, 0.25) is 0 Å². The zero-order chi connectivity index (χ0) is 16.4. The van der Waals surface area contributed by atoms with Gasteiger partial charge in [-0.25, -0.2) is 0 Å². The molecule has 0 spiro atoms. The Labute approximate surface area is 143 Å². The fraction of sp³-hybridized carbons (Fsp3) is 0.438. The van der Waals surface area contributed by atoms with E-state index < -0.39 is 0 Å². The number of piperidine rings is 1. The number of aromatic nitrogens is 2. The summed E-state index contributed by atoms with van der Waals surface area (Å²) >= 11 is 1.42. The summed E-state index contributed by atoms with van der Waals surface area (Å²) in [5.41, 5.74) is 0.507. The number of nitrogens with zero attached hydrogens (tertiary/aromatic N) is 3. The molecule has 1 saturated heterocycles. The highest BCUT2D eigenvalue weighted by molar-refractivity contribution is 7.15. The SMILES string of the molecule is O=C(Nc1nnc(CN2CCCCC2)s1)c1ccc2c(c1)OCO2. The van der Waals surface area contributed by atoms with Gasteiger partial charge in [-0.3, -0.25) is 15.0 Å². The highest BCUT2D eigenvalue weighted by atomic mass is 32.1. The average molecular weight is 346 g/mol. The second kappa shape index (κ2) is 6.74. The van der Waals surface area contributed by atoms with E-state index >= 15 is 0 Å². The van der Waals surface area contributed by atoms with Crippen LogP contribution in [0.3, 0.4) is 0 Å². The van der Waals surface area contributed by atoms with Gasteiger partial charge in [-0.15, -0.1) is 10.2 Å². The van der Waals surface area contributed by atoms with Crippen LogP contribution in [0.1, 0.15) is 34.6 Å². The molecule has 2 aliphatic heterocycles. The van der Waals surface area contributed by atoms with Gasteiger partial charge in [0.25, 0.3) is 5.91 Å². The molecule has 4 rings (SSSR count). The van der Waals surface area contributed by atoms with Gasteiger partial charge in [0.1, 0.15) is 5.01 Å². The third-order valence-corrected chi connectivity index (χ3v) is 4.95. The Morgan fingerprint density at radius 3 is 2.88 bits per heavy atom. The summed E-state index contributed by atoms with van der Waals surface area (Å²) in [5.74, 6) is 1.02. The Bertz CT molecular complexity index is 743. The maximum atomic E-state index is 12.3. The molecule has 0 saturated carbocycles. The number of nitrogens with one attached hydrogen (secondary N) is 1. The van der Waals surface area contributed by atoms with E-state index in [-0.39, 0.29) is 12.7 Å². The maximum absolute atomic E-state index is 12.3. The van der Waals surface area contributed by atoms with E-state index in [1.165, 1.54) is 30.6 Å². The van der Waals surface area contributed by atoms with Crippen molar-refractivity contribution >= 4 is 22.4 Å². The zero-order valence-corrected chi connectivity index (χ0v) is 14.0. The van der Waals surface area contributed by atoms with Crippen LogP contribution in [0.15, 0.2) is 18.2 Å². The van der Waals surface area contributed by atoms with Gasteiger partial charge < -0.3 is 9.47 Å². The minimum absolute atomic E-state index is 0.191. The molecule has 0 radical (unpaired) electrons. The molecule has 2 aromatic rings. The third kappa shape index (κ3) is 3.34. The highest BCUT2D eigenvalue weighted by Crippen LogP contribution is 2.32. The van der Waals surface area contributed by atoms with Crippen LogP contribution in [0, 0.1) is 0 Å². The Kier molecular flexibility index (Phi) is 4.31. The van der Waals surface area contributed by atoms with E-state index in [2.05, 4.69) is 20.4 Å². The molecular weight excluding hydrogens is 328 g/mol. The molecule has 8 heteroatoms. The van der Waals surface area contributed by atoms with Crippen LogP contribution < -0.4 is 14.8 Å². The van der Waals surface area contributed by atoms with Gasteiger partial charge in [0.2, 0.25) is 11.9 Å². The molecule has 126 valence electrons. The monoisotopic (exact) mass is 346 g/mol. The van der Waals surface area contributed by atoms with Crippen molar-refractivity contribution in [2.45, 2.75) is 25.8 Å². The summed E-state index contributed by atoms with van der Waals surface area (Å²) in [6.45, 7) is 3.21. The summed E-state index contributed by atoms with van der Waals surface area (Å²) in [6, 6.07) is 5.12. The lowest BCUT2D eigenvalue weighted by Crippen LogP contribution is -2.28. The van der Waals surface area contributed by atoms with Crippen molar-refractivity contribution in [2.75, 3.05) is 25.2 Å². The van der Waals surface area contributed by atoms with Gasteiger partial charge in [0, 0.05) is 5.56 Å². The Balaban J connectivity index is 1.39. The van der Waals surface area contributed by atoms with Crippen molar-refractivity contribution in [2.24, 2.45) is 0 Å². The number of rotatable bonds is 4. The molecule has 7 nitrogen and oxygen atoms in total. The van der Waals surface area contributed by atoms with Crippen molar-refractivity contribution in [3.8, 4) is 11.5 Å². The summed E-state index contributed by atoms with van der Waals surface area (Å²) in [7, 11) is 0. The van der Waals surface area contributed by atoms with Gasteiger partial charge in [0.15, 0.2) is 11.5 Å². The topological polar surface area (TPSA) is 76.6 Å². The Hall–Kier alpha value is -2.19. The van der Waals surface area contributed by atoms with Crippen LogP contribution in [0.4, 0.5) is 5.13 Å². The molecule has 0 atom stereocenters. The number of hydrogen-bond acceptors (Lipinski definition) is 7. The van der Waals surface area contributed by atoms with E-state index in [4.69, 9.17) is 9.47 Å². The number of carbonyl (C=O) groups is 1. The first-order valence-electron chi connectivity index (χ1n) is 8.04. The number of likely N-dealkylation sites (tertiary alicyclic amines) is 1. The average Bonchev–Trinajstić information content (AvgIpc) is 3.24. The predicted molar refractivity (Wildman–Crippen MR) is 89.6 cm³/mol. The lowest BCUT2D eigenvalue weighted by molar-refractivity contribution is 0.102. The van der Waals surface area contributed by atoms with Crippen molar-refractivity contribution in [1.82, 2.24) is 15.1 Å². The van der Waals surface area contributed by atoms with E-state index in [1.54, 1.807) is 18.2 Å². The largest absolute Gasteiger partial charge is 0.454 e. The maximum Gasteiger partial charge on any atom is 0.257 e. The van der Waals surface area contributed by atoms with E-state index in [9.17, 15) is 4.79 Å². The van der Waals surface area contributed by atoms with Crippen molar-refractivity contribution in [3.05, 3.63) is 28.8 Å². The molecule has 2 aliphatic rings. The summed E-state index contributed by atoms with van der Waals surface area (Å²) in [5, 5.41) is 12.5. The highest BCUT2D eigenvalue weighted by Gasteiger charge is 2.18. The smallest absolute Gasteiger partial charge is 0.257 e. The van der Waals surface area contributed by atoms with Gasteiger partial charge in [-0.1, -0.05) is 17.8 Å². The predicted octanol–water partition coefficient (Wildman–Crippen LogP) is 2.50. The lowest BCUT2D eigenvalue weighted by atomic mass is 10.1. The molecule has 24 heavy (non-hydrogen) atoms. The molecule has 0 bridgehead atoms. The van der Waals surface area contributed by atoms with E-state index in [1.807, 2.05) is 0 Å². The zero-order valence-electron chi connectivity index (χ0n) is 13.2. The van der Waals surface area contributed by atoms with Crippen LogP contribution in [0.25, 0.3) is 0 Å². The van der Waals surface area contributed by atoms with E-state index in [0.717, 1.165) is 24.6 Å². The molecule has 1 fully saturated rings. The first kappa shape index (κ1) is 15.3. The van der Waals surface area contributed by atoms with Crippen LogP contribution >= 0.6 is 11.3 Å². The number of hydrogen-bond donors (Lipinski definition) is 1. The quantitative estimate of drug-likeness (QED) is 0.917. The van der Waals surface area contributed by atoms with Crippen LogP contribution in [-0.2, 0) is 6.54 Å². The molecule has 1 N–H and O–H groups in total. The standard InChI is InChI=1S/C16H18N4O3S/c21-15(11-4-5-12-13(8-11)23-10-22-12)17-16-19-18-14(24-16)9-20-6-2-1-3-7-20/h4-5,8H,1-3,6-7,9-10H2,(H,17,19,21). The number of fused-ring (bicyclic) bond motifs is 1. The first-order chi connectivity index (χ1) is 11.8. The molecule has 1 amide bonds. The Morgan fingerprint density at radius 1 is 1.17 bits per heavy atom. The van der Waals surface area contributed by atoms with Gasteiger partial charge in [0.05, 0.1) is 6.54 Å².